The van der Waals surface area contributed by atoms with Gasteiger partial charge in [-0.15, -0.1) is 0 Å². The third-order valence-corrected chi connectivity index (χ3v) is 14.3. The predicted octanol–water partition coefficient (Wildman–Crippen LogP) is 20.0. The standard InChI is InChI=1S/C61H118O6/c1-6-8-9-10-11-12-31-36-41-46-51-59(62)65-54-58(55-66-60(63)52-47-42-37-32-27-23-20-19-22-26-30-35-40-45-50-57(5)7-2)67-61(64)53-48-43-38-33-28-24-18-16-14-13-15-17-21-25-29-34-39-44-49-56(3)4/h56-58H,6-55H2,1-5H3/t57?,58-/m1/s1. The zero-order valence-electron chi connectivity index (χ0n) is 46.0. The van der Waals surface area contributed by atoms with Crippen LogP contribution in [0.15, 0.2) is 0 Å². The fraction of sp³-hybridized carbons (Fsp3) is 0.951. The van der Waals surface area contributed by atoms with E-state index in [1.807, 2.05) is 0 Å². The van der Waals surface area contributed by atoms with Crippen LogP contribution in [0.4, 0.5) is 0 Å². The number of rotatable bonds is 55. The number of esters is 3. The van der Waals surface area contributed by atoms with Crippen molar-refractivity contribution in [3.63, 3.8) is 0 Å². The topological polar surface area (TPSA) is 78.9 Å². The molecule has 0 aromatic heterocycles. The van der Waals surface area contributed by atoms with Gasteiger partial charge in [-0.05, 0) is 31.1 Å². The van der Waals surface area contributed by atoms with Crippen molar-refractivity contribution >= 4 is 17.9 Å². The minimum atomic E-state index is -0.762. The molecule has 2 atom stereocenters. The van der Waals surface area contributed by atoms with E-state index in [0.29, 0.717) is 19.3 Å². The predicted molar refractivity (Wildman–Crippen MR) is 289 cm³/mol. The maximum atomic E-state index is 12.9. The van der Waals surface area contributed by atoms with Gasteiger partial charge in [0.1, 0.15) is 13.2 Å². The second kappa shape index (κ2) is 53.8. The molecule has 0 aromatic rings. The summed E-state index contributed by atoms with van der Waals surface area (Å²) in [6, 6.07) is 0. The lowest BCUT2D eigenvalue weighted by Crippen LogP contribution is -2.30. The average molecular weight is 948 g/mol. The van der Waals surface area contributed by atoms with Gasteiger partial charge < -0.3 is 14.2 Å². The van der Waals surface area contributed by atoms with E-state index in [4.69, 9.17) is 14.2 Å². The third-order valence-electron chi connectivity index (χ3n) is 14.3. The molecule has 0 heterocycles. The second-order valence-corrected chi connectivity index (χ2v) is 21.7. The van der Waals surface area contributed by atoms with Gasteiger partial charge in [-0.25, -0.2) is 0 Å². The lowest BCUT2D eigenvalue weighted by Gasteiger charge is -2.18. The van der Waals surface area contributed by atoms with E-state index < -0.39 is 6.10 Å². The van der Waals surface area contributed by atoms with Gasteiger partial charge in [0.15, 0.2) is 6.10 Å². The quantitative estimate of drug-likeness (QED) is 0.0343. The van der Waals surface area contributed by atoms with Crippen molar-refractivity contribution in [1.82, 2.24) is 0 Å². The normalized spacial score (nSPS) is 12.4. The van der Waals surface area contributed by atoms with E-state index >= 15 is 0 Å². The third kappa shape index (κ3) is 53.6. The molecule has 0 saturated heterocycles. The van der Waals surface area contributed by atoms with Crippen LogP contribution >= 0.6 is 0 Å². The molecule has 0 spiro atoms. The van der Waals surface area contributed by atoms with Crippen LogP contribution < -0.4 is 0 Å². The van der Waals surface area contributed by atoms with Gasteiger partial charge in [-0.2, -0.15) is 0 Å². The van der Waals surface area contributed by atoms with Crippen molar-refractivity contribution in [2.45, 2.75) is 349 Å². The summed E-state index contributed by atoms with van der Waals surface area (Å²) in [5.41, 5.74) is 0. The number of hydrogen-bond donors (Lipinski definition) is 0. The summed E-state index contributed by atoms with van der Waals surface area (Å²) in [6.45, 7) is 11.5. The highest BCUT2D eigenvalue weighted by Crippen LogP contribution is 2.19. The summed E-state index contributed by atoms with van der Waals surface area (Å²) in [5, 5.41) is 0. The first-order chi connectivity index (χ1) is 32.8. The maximum Gasteiger partial charge on any atom is 0.306 e. The Morgan fingerprint density at radius 3 is 0.851 bits per heavy atom. The average Bonchev–Trinajstić information content (AvgIpc) is 3.31. The zero-order chi connectivity index (χ0) is 48.9. The zero-order valence-corrected chi connectivity index (χ0v) is 46.0. The Hall–Kier alpha value is -1.59. The number of carbonyl (C=O) groups is 3. The second-order valence-electron chi connectivity index (χ2n) is 21.7. The van der Waals surface area contributed by atoms with E-state index in [2.05, 4.69) is 34.6 Å². The van der Waals surface area contributed by atoms with E-state index in [0.717, 1.165) is 69.6 Å². The Bertz CT molecular complexity index is 1030. The largest absolute Gasteiger partial charge is 0.462 e. The number of ether oxygens (including phenoxy) is 3. The first-order valence-electron chi connectivity index (χ1n) is 30.3. The van der Waals surface area contributed by atoms with Gasteiger partial charge >= 0.3 is 17.9 Å². The van der Waals surface area contributed by atoms with Crippen molar-refractivity contribution in [2.24, 2.45) is 11.8 Å². The smallest absolute Gasteiger partial charge is 0.306 e. The van der Waals surface area contributed by atoms with Gasteiger partial charge in [0, 0.05) is 19.3 Å². The van der Waals surface area contributed by atoms with Crippen LogP contribution in [0.25, 0.3) is 0 Å². The molecule has 0 saturated carbocycles. The lowest BCUT2D eigenvalue weighted by atomic mass is 9.99. The van der Waals surface area contributed by atoms with Gasteiger partial charge in [-0.3, -0.25) is 14.4 Å². The Labute approximate surface area is 418 Å². The summed E-state index contributed by atoms with van der Waals surface area (Å²) in [4.78, 5) is 38.1. The minimum Gasteiger partial charge on any atom is -0.462 e. The van der Waals surface area contributed by atoms with Crippen LogP contribution in [-0.4, -0.2) is 37.2 Å². The molecule has 0 aliphatic rings. The molecule has 0 radical (unpaired) electrons. The van der Waals surface area contributed by atoms with Crippen molar-refractivity contribution in [2.75, 3.05) is 13.2 Å². The Balaban J connectivity index is 4.21. The van der Waals surface area contributed by atoms with Gasteiger partial charge in [0.2, 0.25) is 0 Å². The fourth-order valence-corrected chi connectivity index (χ4v) is 9.37. The molecule has 1 unspecified atom stereocenters. The molecule has 0 aromatic carbocycles. The molecule has 0 rings (SSSR count). The summed E-state index contributed by atoms with van der Waals surface area (Å²) in [7, 11) is 0. The SMILES string of the molecule is CCCCCCCCCCCCC(=O)OC[C@H](COC(=O)CCCCCCCCCCCCCCCCC(C)CC)OC(=O)CCCCCCCCCCCCCCCCCCCCC(C)C. The minimum absolute atomic E-state index is 0.0624. The fourth-order valence-electron chi connectivity index (χ4n) is 9.37. The number of unbranched alkanes of at least 4 members (excludes halogenated alkanes) is 39. The molecule has 0 aliphatic carbocycles. The van der Waals surface area contributed by atoms with Crippen LogP contribution in [0, 0.1) is 11.8 Å². The summed E-state index contributed by atoms with van der Waals surface area (Å²) < 4.78 is 16.9. The molecular formula is C61H118O6. The molecule has 398 valence electrons. The number of carbonyl (C=O) groups excluding carboxylic acids is 3. The van der Waals surface area contributed by atoms with E-state index in [9.17, 15) is 14.4 Å². The molecule has 0 N–H and O–H groups in total. The first-order valence-corrected chi connectivity index (χ1v) is 30.3. The van der Waals surface area contributed by atoms with Gasteiger partial charge in [0.25, 0.3) is 0 Å². The summed E-state index contributed by atoms with van der Waals surface area (Å²) in [6.07, 6.45) is 58.1. The highest BCUT2D eigenvalue weighted by atomic mass is 16.6. The van der Waals surface area contributed by atoms with Crippen LogP contribution in [0.1, 0.15) is 343 Å². The van der Waals surface area contributed by atoms with Crippen molar-refractivity contribution in [1.29, 1.82) is 0 Å². The van der Waals surface area contributed by atoms with Crippen LogP contribution in [0.5, 0.6) is 0 Å². The molecule has 6 heteroatoms. The van der Waals surface area contributed by atoms with Crippen molar-refractivity contribution < 1.29 is 28.6 Å². The molecular weight excluding hydrogens is 829 g/mol. The van der Waals surface area contributed by atoms with E-state index in [1.165, 1.54) is 231 Å². The molecule has 0 fully saturated rings. The molecule has 67 heavy (non-hydrogen) atoms. The number of hydrogen-bond acceptors (Lipinski definition) is 6. The van der Waals surface area contributed by atoms with Crippen LogP contribution in [0.3, 0.4) is 0 Å². The molecule has 0 bridgehead atoms. The van der Waals surface area contributed by atoms with Crippen molar-refractivity contribution in [3.05, 3.63) is 0 Å². The monoisotopic (exact) mass is 947 g/mol. The first kappa shape index (κ1) is 65.4. The highest BCUT2D eigenvalue weighted by molar-refractivity contribution is 5.71. The van der Waals surface area contributed by atoms with Gasteiger partial charge in [0.05, 0.1) is 0 Å². The highest BCUT2D eigenvalue weighted by Gasteiger charge is 2.19. The van der Waals surface area contributed by atoms with E-state index in [1.54, 1.807) is 0 Å². The molecule has 6 nitrogen and oxygen atoms in total. The lowest BCUT2D eigenvalue weighted by molar-refractivity contribution is -0.167. The Morgan fingerprint density at radius 2 is 0.567 bits per heavy atom. The summed E-state index contributed by atoms with van der Waals surface area (Å²) in [5.74, 6) is 0.916. The Morgan fingerprint density at radius 1 is 0.313 bits per heavy atom. The Kier molecular flexibility index (Phi) is 52.5. The molecule has 0 aliphatic heterocycles. The van der Waals surface area contributed by atoms with Crippen LogP contribution in [-0.2, 0) is 28.6 Å². The van der Waals surface area contributed by atoms with Gasteiger partial charge in [-0.1, -0.05) is 304 Å². The van der Waals surface area contributed by atoms with E-state index in [-0.39, 0.29) is 31.1 Å². The van der Waals surface area contributed by atoms with Crippen LogP contribution in [0.2, 0.25) is 0 Å². The summed E-state index contributed by atoms with van der Waals surface area (Å²) >= 11 is 0. The molecule has 0 amide bonds. The van der Waals surface area contributed by atoms with Crippen molar-refractivity contribution in [3.8, 4) is 0 Å². The maximum absolute atomic E-state index is 12.9.